The molecule has 2 heterocycles. The highest BCUT2D eigenvalue weighted by Gasteiger charge is 2.05. The summed E-state index contributed by atoms with van der Waals surface area (Å²) in [6.45, 7) is 0. The number of nitrogen functional groups attached to an aromatic ring is 1. The van der Waals surface area contributed by atoms with Crippen molar-refractivity contribution < 1.29 is 4.42 Å². The average Bonchev–Trinajstić information content (AvgIpc) is 2.75. The van der Waals surface area contributed by atoms with Crippen molar-refractivity contribution in [2.24, 2.45) is 0 Å². The molecule has 1 aromatic carbocycles. The van der Waals surface area contributed by atoms with E-state index in [1.165, 1.54) is 6.20 Å². The molecular weight excluding hydrogens is 202 g/mol. The molecule has 78 valence electrons. The lowest BCUT2D eigenvalue weighted by Crippen LogP contribution is -1.80. The second-order valence-corrected chi connectivity index (χ2v) is 3.51. The zero-order valence-corrected chi connectivity index (χ0v) is 8.42. The van der Waals surface area contributed by atoms with Gasteiger partial charge in [-0.1, -0.05) is 6.07 Å². The molecule has 0 spiro atoms. The van der Waals surface area contributed by atoms with Crippen molar-refractivity contribution in [3.63, 3.8) is 0 Å². The van der Waals surface area contributed by atoms with Gasteiger partial charge in [0.15, 0.2) is 0 Å². The Morgan fingerprint density at radius 2 is 2.00 bits per heavy atom. The number of benzene rings is 1. The third kappa shape index (κ3) is 1.40. The molecule has 0 atom stereocenters. The Labute approximate surface area is 91.7 Å². The summed E-state index contributed by atoms with van der Waals surface area (Å²) in [6.07, 6.45) is 5.09. The first-order valence-electron chi connectivity index (χ1n) is 4.88. The summed E-state index contributed by atoms with van der Waals surface area (Å²) in [5.41, 5.74) is 6.40. The van der Waals surface area contributed by atoms with Crippen molar-refractivity contribution in [2.75, 3.05) is 5.73 Å². The third-order valence-electron chi connectivity index (χ3n) is 2.41. The van der Waals surface area contributed by atoms with Gasteiger partial charge in [-0.3, -0.25) is 4.98 Å². The normalized spacial score (nSPS) is 10.8. The minimum absolute atomic E-state index is 0.324. The van der Waals surface area contributed by atoms with Gasteiger partial charge in [0.05, 0.1) is 6.20 Å². The Balaban J connectivity index is 2.18. The van der Waals surface area contributed by atoms with Gasteiger partial charge < -0.3 is 10.2 Å². The van der Waals surface area contributed by atoms with E-state index in [9.17, 15) is 0 Å². The van der Waals surface area contributed by atoms with Crippen molar-refractivity contribution in [1.29, 1.82) is 0 Å². The number of hydrogen-bond donors (Lipinski definition) is 1. The van der Waals surface area contributed by atoms with Crippen LogP contribution in [-0.4, -0.2) is 9.97 Å². The van der Waals surface area contributed by atoms with Gasteiger partial charge in [-0.15, -0.1) is 0 Å². The van der Waals surface area contributed by atoms with Crippen LogP contribution in [0.2, 0.25) is 0 Å². The number of fused-ring (bicyclic) bond motifs is 1. The molecule has 0 aliphatic heterocycles. The fraction of sp³-hybridized carbons (Fsp3) is 0. The molecule has 0 amide bonds. The highest BCUT2D eigenvalue weighted by Crippen LogP contribution is 2.24. The van der Waals surface area contributed by atoms with Crippen LogP contribution < -0.4 is 5.73 Å². The van der Waals surface area contributed by atoms with E-state index >= 15 is 0 Å². The standard InChI is InChI=1S/C12H9N3O/c13-11-7-15-12(16-11)9-1-2-10-6-14-4-3-8(10)5-9/h1-7H,13H2. The molecule has 0 saturated carbocycles. The molecule has 0 radical (unpaired) electrons. The second-order valence-electron chi connectivity index (χ2n) is 3.51. The Morgan fingerprint density at radius 1 is 1.06 bits per heavy atom. The predicted octanol–water partition coefficient (Wildman–Crippen LogP) is 2.47. The average molecular weight is 211 g/mol. The Kier molecular flexibility index (Phi) is 1.86. The van der Waals surface area contributed by atoms with Crippen LogP contribution in [-0.2, 0) is 0 Å². The third-order valence-corrected chi connectivity index (χ3v) is 2.41. The minimum Gasteiger partial charge on any atom is -0.421 e. The smallest absolute Gasteiger partial charge is 0.228 e. The maximum absolute atomic E-state index is 5.49. The lowest BCUT2D eigenvalue weighted by Gasteiger charge is -1.99. The summed E-state index contributed by atoms with van der Waals surface area (Å²) in [4.78, 5) is 8.15. The molecular formula is C12H9N3O. The molecule has 0 unspecified atom stereocenters. The van der Waals surface area contributed by atoms with Crippen molar-refractivity contribution in [3.05, 3.63) is 42.9 Å². The van der Waals surface area contributed by atoms with E-state index in [4.69, 9.17) is 10.2 Å². The largest absolute Gasteiger partial charge is 0.421 e. The molecule has 4 heteroatoms. The van der Waals surface area contributed by atoms with Gasteiger partial charge in [0.25, 0.3) is 0 Å². The van der Waals surface area contributed by atoms with E-state index in [1.54, 1.807) is 6.20 Å². The summed E-state index contributed by atoms with van der Waals surface area (Å²) in [6, 6.07) is 7.88. The van der Waals surface area contributed by atoms with E-state index in [-0.39, 0.29) is 0 Å². The molecule has 2 aromatic heterocycles. The van der Waals surface area contributed by atoms with Crippen LogP contribution in [0.3, 0.4) is 0 Å². The van der Waals surface area contributed by atoms with Crippen LogP contribution in [0, 0.1) is 0 Å². The summed E-state index contributed by atoms with van der Waals surface area (Å²) in [5.74, 6) is 0.862. The summed E-state index contributed by atoms with van der Waals surface area (Å²) in [5, 5.41) is 2.19. The Bertz CT molecular complexity index is 645. The molecule has 3 aromatic rings. The number of hydrogen-bond acceptors (Lipinski definition) is 4. The highest BCUT2D eigenvalue weighted by molar-refractivity contribution is 5.85. The Hall–Kier alpha value is -2.36. The van der Waals surface area contributed by atoms with Crippen LogP contribution in [0.25, 0.3) is 22.2 Å². The zero-order valence-electron chi connectivity index (χ0n) is 8.42. The first kappa shape index (κ1) is 8.91. The molecule has 3 rings (SSSR count). The number of oxazole rings is 1. The molecule has 2 N–H and O–H groups in total. The highest BCUT2D eigenvalue weighted by atomic mass is 16.4. The minimum atomic E-state index is 0.324. The number of nitrogens with zero attached hydrogens (tertiary/aromatic N) is 2. The van der Waals surface area contributed by atoms with Gasteiger partial charge in [-0.2, -0.15) is 0 Å². The molecule has 0 aliphatic rings. The van der Waals surface area contributed by atoms with Gasteiger partial charge in [0.2, 0.25) is 11.8 Å². The maximum atomic E-state index is 5.49. The molecule has 0 bridgehead atoms. The van der Waals surface area contributed by atoms with Crippen LogP contribution in [0.15, 0.2) is 47.3 Å². The number of aromatic nitrogens is 2. The van der Waals surface area contributed by atoms with Gasteiger partial charge in [0.1, 0.15) is 0 Å². The van der Waals surface area contributed by atoms with Gasteiger partial charge >= 0.3 is 0 Å². The topological polar surface area (TPSA) is 64.9 Å². The number of pyridine rings is 1. The van der Waals surface area contributed by atoms with E-state index in [0.29, 0.717) is 11.8 Å². The molecule has 4 nitrogen and oxygen atoms in total. The van der Waals surface area contributed by atoms with Crippen LogP contribution in [0.4, 0.5) is 5.88 Å². The molecule has 0 fully saturated rings. The fourth-order valence-electron chi connectivity index (χ4n) is 1.64. The fourth-order valence-corrected chi connectivity index (χ4v) is 1.64. The van der Waals surface area contributed by atoms with E-state index in [0.717, 1.165) is 16.3 Å². The van der Waals surface area contributed by atoms with Crippen molar-refractivity contribution in [2.45, 2.75) is 0 Å². The first-order chi connectivity index (χ1) is 7.83. The lowest BCUT2D eigenvalue weighted by atomic mass is 10.1. The molecule has 16 heavy (non-hydrogen) atoms. The number of rotatable bonds is 1. The maximum Gasteiger partial charge on any atom is 0.228 e. The van der Waals surface area contributed by atoms with Gasteiger partial charge in [0, 0.05) is 23.3 Å². The van der Waals surface area contributed by atoms with Crippen molar-refractivity contribution >= 4 is 16.7 Å². The Morgan fingerprint density at radius 3 is 2.81 bits per heavy atom. The second kappa shape index (κ2) is 3.34. The molecule has 0 saturated heterocycles. The zero-order chi connectivity index (χ0) is 11.0. The quantitative estimate of drug-likeness (QED) is 0.671. The SMILES string of the molecule is Nc1cnc(-c2ccc3cnccc3c2)o1. The summed E-state index contributed by atoms with van der Waals surface area (Å²) in [7, 11) is 0. The molecule has 0 aliphatic carbocycles. The lowest BCUT2D eigenvalue weighted by molar-refractivity contribution is 0.594. The van der Waals surface area contributed by atoms with Crippen LogP contribution in [0.1, 0.15) is 0 Å². The van der Waals surface area contributed by atoms with E-state index in [1.807, 2.05) is 30.5 Å². The number of anilines is 1. The van der Waals surface area contributed by atoms with Gasteiger partial charge in [-0.25, -0.2) is 4.98 Å². The van der Waals surface area contributed by atoms with Gasteiger partial charge in [-0.05, 0) is 23.6 Å². The number of nitrogens with two attached hydrogens (primary N) is 1. The van der Waals surface area contributed by atoms with Crippen LogP contribution >= 0.6 is 0 Å². The monoisotopic (exact) mass is 211 g/mol. The van der Waals surface area contributed by atoms with E-state index in [2.05, 4.69) is 9.97 Å². The summed E-state index contributed by atoms with van der Waals surface area (Å²) < 4.78 is 5.27. The van der Waals surface area contributed by atoms with Crippen molar-refractivity contribution in [1.82, 2.24) is 9.97 Å². The predicted molar refractivity (Wildman–Crippen MR) is 61.7 cm³/mol. The van der Waals surface area contributed by atoms with Crippen molar-refractivity contribution in [3.8, 4) is 11.5 Å². The summed E-state index contributed by atoms with van der Waals surface area (Å²) >= 11 is 0. The van der Waals surface area contributed by atoms with Crippen LogP contribution in [0.5, 0.6) is 0 Å². The first-order valence-corrected chi connectivity index (χ1v) is 4.88. The van der Waals surface area contributed by atoms with E-state index < -0.39 is 0 Å².